The number of fused-ring (bicyclic) bond motifs is 1. The third-order valence-electron chi connectivity index (χ3n) is 3.23. The van der Waals surface area contributed by atoms with E-state index in [2.05, 4.69) is 45.0 Å². The van der Waals surface area contributed by atoms with Crippen LogP contribution in [0.5, 0.6) is 0 Å². The van der Waals surface area contributed by atoms with Gasteiger partial charge >= 0.3 is 0 Å². The molecule has 0 saturated heterocycles. The van der Waals surface area contributed by atoms with Gasteiger partial charge in [-0.3, -0.25) is 0 Å². The fraction of sp³-hybridized carbons (Fsp3) is 0.429. The van der Waals surface area contributed by atoms with Gasteiger partial charge in [-0.1, -0.05) is 50.1 Å². The summed E-state index contributed by atoms with van der Waals surface area (Å²) in [5.41, 5.74) is 6.05. The largest absolute Gasteiger partial charge is 0.0651 e. The molecule has 0 radical (unpaired) electrons. The maximum atomic E-state index is 2.39. The van der Waals surface area contributed by atoms with Crippen molar-refractivity contribution >= 4 is 6.08 Å². The maximum Gasteiger partial charge on any atom is 0.00317 e. The summed E-state index contributed by atoms with van der Waals surface area (Å²) in [6, 6.07) is 6.62. The lowest BCUT2D eigenvalue weighted by molar-refractivity contribution is 0.799. The summed E-state index contributed by atoms with van der Waals surface area (Å²) >= 11 is 0. The smallest absolute Gasteiger partial charge is 0.00317 e. The minimum atomic E-state index is 0.645. The highest BCUT2D eigenvalue weighted by molar-refractivity contribution is 5.67. The second kappa shape index (κ2) is 3.61. The third kappa shape index (κ3) is 1.39. The first kappa shape index (κ1) is 9.51. The molecule has 1 aliphatic carbocycles. The van der Waals surface area contributed by atoms with E-state index in [1.54, 1.807) is 11.1 Å². The monoisotopic (exact) mass is 186 g/mol. The topological polar surface area (TPSA) is 0 Å². The molecular weight excluding hydrogens is 168 g/mol. The van der Waals surface area contributed by atoms with E-state index in [1.807, 2.05) is 0 Å². The molecule has 14 heavy (non-hydrogen) atoms. The number of rotatable bonds is 2. The molecule has 0 fully saturated rings. The molecule has 1 unspecified atom stereocenters. The van der Waals surface area contributed by atoms with Crippen molar-refractivity contribution < 1.29 is 0 Å². The highest BCUT2D eigenvalue weighted by Gasteiger charge is 2.21. The van der Waals surface area contributed by atoms with Crippen molar-refractivity contribution in [3.8, 4) is 0 Å². The Bertz CT molecular complexity index is 372. The number of hydrogen-bond donors (Lipinski definition) is 0. The Morgan fingerprint density at radius 2 is 2.07 bits per heavy atom. The van der Waals surface area contributed by atoms with E-state index < -0.39 is 0 Å². The van der Waals surface area contributed by atoms with Gasteiger partial charge in [0.25, 0.3) is 0 Å². The molecule has 0 aromatic heterocycles. The molecule has 1 aliphatic rings. The van der Waals surface area contributed by atoms with Crippen LogP contribution in [-0.2, 0) is 0 Å². The van der Waals surface area contributed by atoms with Gasteiger partial charge in [-0.2, -0.15) is 0 Å². The van der Waals surface area contributed by atoms with Crippen LogP contribution in [0.4, 0.5) is 0 Å². The van der Waals surface area contributed by atoms with Crippen molar-refractivity contribution in [2.45, 2.75) is 39.5 Å². The highest BCUT2D eigenvalue weighted by Crippen LogP contribution is 2.39. The van der Waals surface area contributed by atoms with Crippen molar-refractivity contribution in [1.82, 2.24) is 0 Å². The summed E-state index contributed by atoms with van der Waals surface area (Å²) in [5, 5.41) is 0. The molecule has 0 N–H and O–H groups in total. The van der Waals surface area contributed by atoms with Gasteiger partial charge in [-0.25, -0.2) is 0 Å². The molecule has 74 valence electrons. The first-order chi connectivity index (χ1) is 6.74. The van der Waals surface area contributed by atoms with Gasteiger partial charge in [0.05, 0.1) is 0 Å². The van der Waals surface area contributed by atoms with Crippen LogP contribution in [0, 0.1) is 6.92 Å². The predicted molar refractivity (Wildman–Crippen MR) is 62.5 cm³/mol. The van der Waals surface area contributed by atoms with Gasteiger partial charge < -0.3 is 0 Å². The van der Waals surface area contributed by atoms with Gasteiger partial charge in [-0.05, 0) is 30.0 Å². The standard InChI is InChI=1S/C14H18/c1-4-6-12-9-13-8-5-7-10(2)14(13)11(12)3/h5,7-9,11H,4,6H2,1-3H3. The fourth-order valence-electron chi connectivity index (χ4n) is 2.51. The molecule has 0 amide bonds. The number of benzene rings is 1. The Hall–Kier alpha value is -1.04. The Balaban J connectivity index is 2.41. The van der Waals surface area contributed by atoms with Crippen molar-refractivity contribution in [3.63, 3.8) is 0 Å². The zero-order chi connectivity index (χ0) is 10.1. The molecule has 1 aromatic carbocycles. The summed E-state index contributed by atoms with van der Waals surface area (Å²) in [7, 11) is 0. The van der Waals surface area contributed by atoms with Gasteiger partial charge in [0.2, 0.25) is 0 Å². The lowest BCUT2D eigenvalue weighted by atomic mass is 9.92. The minimum absolute atomic E-state index is 0.645. The van der Waals surface area contributed by atoms with Crippen LogP contribution in [0.1, 0.15) is 49.3 Å². The van der Waals surface area contributed by atoms with E-state index >= 15 is 0 Å². The second-order valence-corrected chi connectivity index (χ2v) is 4.27. The normalized spacial score (nSPS) is 19.4. The van der Waals surface area contributed by atoms with Crippen LogP contribution in [0.2, 0.25) is 0 Å². The SMILES string of the molecule is CCCC1=Cc2cccc(C)c2C1C. The Morgan fingerprint density at radius 1 is 1.29 bits per heavy atom. The van der Waals surface area contributed by atoms with Crippen LogP contribution in [0.3, 0.4) is 0 Å². The molecule has 1 aromatic rings. The van der Waals surface area contributed by atoms with E-state index in [9.17, 15) is 0 Å². The third-order valence-corrected chi connectivity index (χ3v) is 3.23. The molecular formula is C14H18. The quantitative estimate of drug-likeness (QED) is 0.646. The molecule has 2 rings (SSSR count). The highest BCUT2D eigenvalue weighted by atomic mass is 14.3. The van der Waals surface area contributed by atoms with Crippen LogP contribution in [0.15, 0.2) is 23.8 Å². The van der Waals surface area contributed by atoms with Gasteiger partial charge in [0.15, 0.2) is 0 Å². The zero-order valence-corrected chi connectivity index (χ0v) is 9.30. The number of hydrogen-bond acceptors (Lipinski definition) is 0. The molecule has 0 spiro atoms. The van der Waals surface area contributed by atoms with Crippen LogP contribution in [0.25, 0.3) is 6.08 Å². The first-order valence-corrected chi connectivity index (χ1v) is 5.54. The lowest BCUT2D eigenvalue weighted by Crippen LogP contribution is -1.95. The Kier molecular flexibility index (Phi) is 2.45. The van der Waals surface area contributed by atoms with E-state index in [4.69, 9.17) is 0 Å². The predicted octanol–water partition coefficient (Wildman–Crippen LogP) is 4.30. The van der Waals surface area contributed by atoms with Gasteiger partial charge in [0, 0.05) is 5.92 Å². The summed E-state index contributed by atoms with van der Waals surface area (Å²) in [5.74, 6) is 0.645. The summed E-state index contributed by atoms with van der Waals surface area (Å²) in [4.78, 5) is 0. The minimum Gasteiger partial charge on any atom is -0.0651 e. The number of allylic oxidation sites excluding steroid dienone is 1. The molecule has 1 atom stereocenters. The van der Waals surface area contributed by atoms with Crippen LogP contribution in [-0.4, -0.2) is 0 Å². The molecule has 0 saturated carbocycles. The van der Waals surface area contributed by atoms with Crippen molar-refractivity contribution in [3.05, 3.63) is 40.5 Å². The molecule has 0 heteroatoms. The summed E-state index contributed by atoms with van der Waals surface area (Å²) < 4.78 is 0. The number of aryl methyl sites for hydroxylation is 1. The van der Waals surface area contributed by atoms with Gasteiger partial charge in [0.1, 0.15) is 0 Å². The van der Waals surface area contributed by atoms with Crippen molar-refractivity contribution in [1.29, 1.82) is 0 Å². The maximum absolute atomic E-state index is 2.39. The van der Waals surface area contributed by atoms with Crippen LogP contribution >= 0.6 is 0 Å². The van der Waals surface area contributed by atoms with Crippen molar-refractivity contribution in [2.24, 2.45) is 0 Å². The Morgan fingerprint density at radius 3 is 2.71 bits per heavy atom. The summed E-state index contributed by atoms with van der Waals surface area (Å²) in [6.45, 7) is 6.81. The van der Waals surface area contributed by atoms with E-state index in [1.165, 1.54) is 24.0 Å². The molecule has 0 aliphatic heterocycles. The van der Waals surface area contributed by atoms with Crippen molar-refractivity contribution in [2.75, 3.05) is 0 Å². The molecule has 0 nitrogen and oxygen atoms in total. The second-order valence-electron chi connectivity index (χ2n) is 4.27. The molecule has 0 heterocycles. The van der Waals surface area contributed by atoms with Crippen LogP contribution < -0.4 is 0 Å². The fourth-order valence-corrected chi connectivity index (χ4v) is 2.51. The summed E-state index contributed by atoms with van der Waals surface area (Å²) in [6.07, 6.45) is 4.88. The lowest BCUT2D eigenvalue weighted by Gasteiger charge is -2.12. The average Bonchev–Trinajstić information content (AvgIpc) is 2.46. The average molecular weight is 186 g/mol. The van der Waals surface area contributed by atoms with E-state index in [0.29, 0.717) is 5.92 Å². The van der Waals surface area contributed by atoms with Gasteiger partial charge in [-0.15, -0.1) is 0 Å². The van der Waals surface area contributed by atoms with E-state index in [-0.39, 0.29) is 0 Å². The molecule has 0 bridgehead atoms. The zero-order valence-electron chi connectivity index (χ0n) is 9.30. The first-order valence-electron chi connectivity index (χ1n) is 5.54. The Labute approximate surface area is 86.7 Å². The van der Waals surface area contributed by atoms with E-state index in [0.717, 1.165) is 0 Å².